The van der Waals surface area contributed by atoms with Gasteiger partial charge in [0.05, 0.1) is 15.4 Å². The Kier molecular flexibility index (Phi) is 3.92. The zero-order valence-electron chi connectivity index (χ0n) is 10.9. The lowest BCUT2D eigenvalue weighted by Crippen LogP contribution is -2.43. The third kappa shape index (κ3) is 2.41. The number of nitrogens with two attached hydrogens (primary N) is 1. The number of hydrogen-bond donors (Lipinski definition) is 1. The summed E-state index contributed by atoms with van der Waals surface area (Å²) in [6.45, 7) is 1.18. The summed E-state index contributed by atoms with van der Waals surface area (Å²) in [5, 5.41) is 1.89. The minimum Gasteiger partial charge on any atom is -0.330 e. The lowest BCUT2D eigenvalue weighted by Gasteiger charge is -2.36. The molecular weight excluding hydrogens is 336 g/mol. The Morgan fingerprint density at radius 2 is 2.25 bits per heavy atom. The molecule has 0 radical (unpaired) electrons. The number of benzene rings is 1. The maximum absolute atomic E-state index is 12.6. The molecule has 1 unspecified atom stereocenters. The molecule has 1 aliphatic rings. The van der Waals surface area contributed by atoms with Crippen LogP contribution < -0.4 is 5.73 Å². The second-order valence-corrected chi connectivity index (χ2v) is 7.13. The number of halogens is 1. The van der Waals surface area contributed by atoms with Gasteiger partial charge in [0.1, 0.15) is 0 Å². The van der Waals surface area contributed by atoms with E-state index < -0.39 is 0 Å². The van der Waals surface area contributed by atoms with E-state index in [0.29, 0.717) is 6.54 Å². The highest BCUT2D eigenvalue weighted by atomic mass is 79.9. The molecule has 0 bridgehead atoms. The van der Waals surface area contributed by atoms with Crippen molar-refractivity contribution in [1.82, 2.24) is 4.90 Å². The van der Waals surface area contributed by atoms with E-state index in [1.807, 2.05) is 28.5 Å². The first-order valence-corrected chi connectivity index (χ1v) is 8.21. The summed E-state index contributed by atoms with van der Waals surface area (Å²) < 4.78 is 0.975. The normalized spacial score (nSPS) is 17.9. The standard InChI is InChI=1S/C15H15BrN2OS/c16-14-7-11(9-20-14)15(19)18-6-5-10-3-1-2-4-12(10)13(18)8-17/h1-4,7,9,13H,5-6,8,17H2. The quantitative estimate of drug-likeness (QED) is 0.903. The van der Waals surface area contributed by atoms with E-state index in [1.54, 1.807) is 0 Å². The highest BCUT2D eigenvalue weighted by Gasteiger charge is 2.30. The fraction of sp³-hybridized carbons (Fsp3) is 0.267. The maximum Gasteiger partial charge on any atom is 0.255 e. The average Bonchev–Trinajstić information content (AvgIpc) is 2.91. The summed E-state index contributed by atoms with van der Waals surface area (Å²) >= 11 is 4.93. The number of nitrogens with zero attached hydrogens (tertiary/aromatic N) is 1. The molecule has 3 nitrogen and oxygen atoms in total. The van der Waals surface area contributed by atoms with E-state index >= 15 is 0 Å². The van der Waals surface area contributed by atoms with Gasteiger partial charge in [-0.05, 0) is 39.5 Å². The smallest absolute Gasteiger partial charge is 0.255 e. The molecule has 0 aliphatic carbocycles. The van der Waals surface area contributed by atoms with Gasteiger partial charge in [0.15, 0.2) is 0 Å². The van der Waals surface area contributed by atoms with Crippen molar-refractivity contribution in [2.24, 2.45) is 5.73 Å². The molecule has 2 N–H and O–H groups in total. The van der Waals surface area contributed by atoms with E-state index in [1.165, 1.54) is 22.5 Å². The van der Waals surface area contributed by atoms with Crippen molar-refractivity contribution in [2.75, 3.05) is 13.1 Å². The van der Waals surface area contributed by atoms with E-state index in [0.717, 1.165) is 22.3 Å². The van der Waals surface area contributed by atoms with Crippen molar-refractivity contribution in [2.45, 2.75) is 12.5 Å². The van der Waals surface area contributed by atoms with Crippen molar-refractivity contribution in [3.8, 4) is 0 Å². The Morgan fingerprint density at radius 3 is 2.95 bits per heavy atom. The highest BCUT2D eigenvalue weighted by molar-refractivity contribution is 9.11. The van der Waals surface area contributed by atoms with Crippen LogP contribution in [0.2, 0.25) is 0 Å². The van der Waals surface area contributed by atoms with Gasteiger partial charge in [0.25, 0.3) is 5.91 Å². The Bertz CT molecular complexity index is 640. The number of rotatable bonds is 2. The van der Waals surface area contributed by atoms with Crippen molar-refractivity contribution >= 4 is 33.2 Å². The summed E-state index contributed by atoms with van der Waals surface area (Å²) in [5.41, 5.74) is 9.15. The Labute approximate surface area is 130 Å². The number of amides is 1. The molecule has 1 aromatic carbocycles. The Hall–Kier alpha value is -1.17. The molecule has 0 spiro atoms. The predicted molar refractivity (Wildman–Crippen MR) is 85.0 cm³/mol. The third-order valence-electron chi connectivity index (χ3n) is 3.71. The lowest BCUT2D eigenvalue weighted by molar-refractivity contribution is 0.0668. The Morgan fingerprint density at radius 1 is 1.45 bits per heavy atom. The lowest BCUT2D eigenvalue weighted by atomic mass is 9.92. The first kappa shape index (κ1) is 13.8. The predicted octanol–water partition coefficient (Wildman–Crippen LogP) is 3.21. The zero-order valence-corrected chi connectivity index (χ0v) is 13.3. The van der Waals surface area contributed by atoms with Gasteiger partial charge in [0.2, 0.25) is 0 Å². The van der Waals surface area contributed by atoms with Gasteiger partial charge in [-0.1, -0.05) is 24.3 Å². The number of thiophene rings is 1. The van der Waals surface area contributed by atoms with Crippen LogP contribution in [-0.2, 0) is 6.42 Å². The average molecular weight is 351 g/mol. The minimum atomic E-state index is -0.0221. The fourth-order valence-electron chi connectivity index (χ4n) is 2.74. The molecule has 0 fully saturated rings. The monoisotopic (exact) mass is 350 g/mol. The van der Waals surface area contributed by atoms with Crippen molar-refractivity contribution in [3.63, 3.8) is 0 Å². The van der Waals surface area contributed by atoms with Crippen LogP contribution in [0.15, 0.2) is 39.5 Å². The topological polar surface area (TPSA) is 46.3 Å². The molecule has 104 valence electrons. The molecule has 20 heavy (non-hydrogen) atoms. The van der Waals surface area contributed by atoms with Crippen LogP contribution in [0.1, 0.15) is 27.5 Å². The second kappa shape index (κ2) is 5.68. The molecule has 0 saturated carbocycles. The molecule has 1 amide bonds. The van der Waals surface area contributed by atoms with Crippen molar-refractivity contribution in [3.05, 3.63) is 56.2 Å². The van der Waals surface area contributed by atoms with Crippen molar-refractivity contribution in [1.29, 1.82) is 0 Å². The molecule has 1 atom stereocenters. The van der Waals surface area contributed by atoms with E-state index in [4.69, 9.17) is 5.73 Å². The van der Waals surface area contributed by atoms with Gasteiger partial charge < -0.3 is 10.6 Å². The van der Waals surface area contributed by atoms with Crippen LogP contribution in [0.25, 0.3) is 0 Å². The number of carbonyl (C=O) groups excluding carboxylic acids is 1. The van der Waals surface area contributed by atoms with Crippen LogP contribution in [0.4, 0.5) is 0 Å². The molecule has 0 saturated heterocycles. The summed E-state index contributed by atoms with van der Waals surface area (Å²) in [5.74, 6) is 0.0666. The molecule has 1 aromatic heterocycles. The molecule has 3 rings (SSSR count). The van der Waals surface area contributed by atoms with Gasteiger partial charge in [-0.3, -0.25) is 4.79 Å². The molecular formula is C15H15BrN2OS. The number of fused-ring (bicyclic) bond motifs is 1. The molecule has 1 aliphatic heterocycles. The molecule has 5 heteroatoms. The molecule has 2 heterocycles. The van der Waals surface area contributed by atoms with Crippen LogP contribution in [0, 0.1) is 0 Å². The first-order chi connectivity index (χ1) is 9.70. The van der Waals surface area contributed by atoms with Crippen LogP contribution in [0.5, 0.6) is 0 Å². The van der Waals surface area contributed by atoms with Crippen molar-refractivity contribution < 1.29 is 4.79 Å². The van der Waals surface area contributed by atoms with Gasteiger partial charge in [-0.25, -0.2) is 0 Å². The summed E-state index contributed by atoms with van der Waals surface area (Å²) in [7, 11) is 0. The number of hydrogen-bond acceptors (Lipinski definition) is 3. The van der Waals surface area contributed by atoms with Crippen LogP contribution >= 0.6 is 27.3 Å². The number of carbonyl (C=O) groups is 1. The highest BCUT2D eigenvalue weighted by Crippen LogP contribution is 2.31. The summed E-state index contributed by atoms with van der Waals surface area (Å²) in [6.07, 6.45) is 0.893. The third-order valence-corrected chi connectivity index (χ3v) is 5.22. The van der Waals surface area contributed by atoms with Gasteiger partial charge in [-0.15, -0.1) is 11.3 Å². The second-order valence-electron chi connectivity index (χ2n) is 4.84. The SMILES string of the molecule is NCC1c2ccccc2CCN1C(=O)c1csc(Br)c1. The van der Waals surface area contributed by atoms with E-state index in [9.17, 15) is 4.79 Å². The minimum absolute atomic E-state index is 0.0221. The van der Waals surface area contributed by atoms with Gasteiger partial charge in [0, 0.05) is 18.5 Å². The van der Waals surface area contributed by atoms with Crippen LogP contribution in [0.3, 0.4) is 0 Å². The molecule has 2 aromatic rings. The van der Waals surface area contributed by atoms with E-state index in [2.05, 4.69) is 28.1 Å². The van der Waals surface area contributed by atoms with E-state index in [-0.39, 0.29) is 11.9 Å². The largest absolute Gasteiger partial charge is 0.330 e. The first-order valence-electron chi connectivity index (χ1n) is 6.53. The summed E-state index contributed by atoms with van der Waals surface area (Å²) in [4.78, 5) is 14.5. The Balaban J connectivity index is 1.93. The summed E-state index contributed by atoms with van der Waals surface area (Å²) in [6, 6.07) is 10.1. The zero-order chi connectivity index (χ0) is 14.1. The van der Waals surface area contributed by atoms with Gasteiger partial charge in [-0.2, -0.15) is 0 Å². The fourth-order valence-corrected chi connectivity index (χ4v) is 3.87. The van der Waals surface area contributed by atoms with Crippen LogP contribution in [-0.4, -0.2) is 23.9 Å². The van der Waals surface area contributed by atoms with Gasteiger partial charge >= 0.3 is 0 Å². The maximum atomic E-state index is 12.6.